The molecule has 1 heterocycles. The monoisotopic (exact) mass is 303 g/mol. The van der Waals surface area contributed by atoms with Gasteiger partial charge in [-0.25, -0.2) is 9.97 Å². The summed E-state index contributed by atoms with van der Waals surface area (Å²) in [5.41, 5.74) is 6.87. The molecule has 0 aliphatic carbocycles. The molecule has 0 aliphatic rings. The van der Waals surface area contributed by atoms with E-state index in [1.54, 1.807) is 0 Å². The van der Waals surface area contributed by atoms with Crippen LogP contribution in [0.25, 0.3) is 11.3 Å². The van der Waals surface area contributed by atoms with Gasteiger partial charge in [0.2, 0.25) is 0 Å². The molecule has 0 fully saturated rings. The fourth-order valence-corrected chi connectivity index (χ4v) is 2.55. The minimum absolute atomic E-state index is 0.760. The van der Waals surface area contributed by atoms with Crippen LogP contribution in [0.3, 0.4) is 0 Å². The zero-order valence-electron chi connectivity index (χ0n) is 14.0. The van der Waals surface area contributed by atoms with Gasteiger partial charge in [-0.3, -0.25) is 0 Å². The lowest BCUT2D eigenvalue weighted by molar-refractivity contribution is 1.06. The first-order valence-electron chi connectivity index (χ1n) is 7.78. The Morgan fingerprint density at radius 3 is 2.35 bits per heavy atom. The van der Waals surface area contributed by atoms with Gasteiger partial charge in [0.25, 0.3) is 0 Å². The molecule has 3 rings (SSSR count). The first kappa shape index (κ1) is 15.2. The van der Waals surface area contributed by atoms with Crippen molar-refractivity contribution in [2.75, 3.05) is 5.32 Å². The van der Waals surface area contributed by atoms with E-state index in [0.717, 1.165) is 28.6 Å². The number of nitrogens with one attached hydrogen (secondary N) is 1. The third-order valence-electron chi connectivity index (χ3n) is 3.93. The van der Waals surface area contributed by atoms with E-state index in [1.165, 1.54) is 16.7 Å². The molecule has 1 aromatic heterocycles. The number of aryl methyl sites for hydroxylation is 4. The Morgan fingerprint density at radius 2 is 1.61 bits per heavy atom. The molecule has 116 valence electrons. The van der Waals surface area contributed by atoms with Crippen molar-refractivity contribution in [3.63, 3.8) is 0 Å². The maximum atomic E-state index is 4.57. The second-order valence-corrected chi connectivity index (χ2v) is 5.98. The lowest BCUT2D eigenvalue weighted by atomic mass is 10.1. The van der Waals surface area contributed by atoms with Crippen LogP contribution in [0.1, 0.15) is 22.5 Å². The van der Waals surface area contributed by atoms with Crippen LogP contribution in [0.5, 0.6) is 0 Å². The van der Waals surface area contributed by atoms with E-state index in [-0.39, 0.29) is 0 Å². The van der Waals surface area contributed by atoms with Gasteiger partial charge in [-0.2, -0.15) is 0 Å². The highest BCUT2D eigenvalue weighted by Crippen LogP contribution is 2.23. The fourth-order valence-electron chi connectivity index (χ4n) is 2.55. The van der Waals surface area contributed by atoms with Gasteiger partial charge in [0, 0.05) is 17.3 Å². The van der Waals surface area contributed by atoms with Crippen molar-refractivity contribution in [2.45, 2.75) is 27.7 Å². The molecule has 0 amide bonds. The van der Waals surface area contributed by atoms with E-state index < -0.39 is 0 Å². The van der Waals surface area contributed by atoms with Gasteiger partial charge in [0.1, 0.15) is 11.6 Å². The molecule has 0 bridgehead atoms. The summed E-state index contributed by atoms with van der Waals surface area (Å²) in [5.74, 6) is 1.58. The number of benzene rings is 2. The van der Waals surface area contributed by atoms with Crippen LogP contribution in [-0.2, 0) is 0 Å². The van der Waals surface area contributed by atoms with Crippen molar-refractivity contribution in [3.05, 3.63) is 71.0 Å². The standard InChI is InChI=1S/C20H21N3/c1-13-6-5-7-17(10-13)19-12-20(22-16(4)21-19)23-18-9-8-14(2)15(3)11-18/h5-12H,1-4H3,(H,21,22,23). The fraction of sp³-hybridized carbons (Fsp3) is 0.200. The van der Waals surface area contributed by atoms with E-state index >= 15 is 0 Å². The summed E-state index contributed by atoms with van der Waals surface area (Å²) in [7, 11) is 0. The summed E-state index contributed by atoms with van der Waals surface area (Å²) in [4.78, 5) is 9.07. The lowest BCUT2D eigenvalue weighted by Gasteiger charge is -2.10. The highest BCUT2D eigenvalue weighted by atomic mass is 15.0. The molecule has 3 heteroatoms. The maximum Gasteiger partial charge on any atom is 0.134 e. The predicted octanol–water partition coefficient (Wildman–Crippen LogP) is 5.12. The molecule has 0 unspecified atom stereocenters. The van der Waals surface area contributed by atoms with Gasteiger partial charge in [0.05, 0.1) is 5.69 Å². The third-order valence-corrected chi connectivity index (χ3v) is 3.93. The SMILES string of the molecule is Cc1cccc(-c2cc(Nc3ccc(C)c(C)c3)nc(C)n2)c1. The molecule has 23 heavy (non-hydrogen) atoms. The first-order chi connectivity index (χ1) is 11.0. The molecule has 3 nitrogen and oxygen atoms in total. The average molecular weight is 303 g/mol. The number of nitrogens with zero attached hydrogens (tertiary/aromatic N) is 2. The molecule has 3 aromatic rings. The Hall–Kier alpha value is -2.68. The van der Waals surface area contributed by atoms with Crippen LogP contribution in [0, 0.1) is 27.7 Å². The number of hydrogen-bond donors (Lipinski definition) is 1. The van der Waals surface area contributed by atoms with Gasteiger partial charge < -0.3 is 5.32 Å². The predicted molar refractivity (Wildman–Crippen MR) is 96.1 cm³/mol. The molecule has 0 aliphatic heterocycles. The van der Waals surface area contributed by atoms with Crippen molar-refractivity contribution < 1.29 is 0 Å². The summed E-state index contributed by atoms with van der Waals surface area (Å²) in [6, 6.07) is 16.7. The Balaban J connectivity index is 1.95. The number of aromatic nitrogens is 2. The summed E-state index contributed by atoms with van der Waals surface area (Å²) in [6.45, 7) is 8.24. The molecular formula is C20H21N3. The van der Waals surface area contributed by atoms with Crippen LogP contribution in [0.2, 0.25) is 0 Å². The van der Waals surface area contributed by atoms with Crippen molar-refractivity contribution in [1.82, 2.24) is 9.97 Å². The quantitative estimate of drug-likeness (QED) is 0.729. The molecule has 0 saturated heterocycles. The van der Waals surface area contributed by atoms with Crippen molar-refractivity contribution >= 4 is 11.5 Å². The number of hydrogen-bond acceptors (Lipinski definition) is 3. The van der Waals surface area contributed by atoms with Crippen LogP contribution < -0.4 is 5.32 Å². The molecule has 0 radical (unpaired) electrons. The van der Waals surface area contributed by atoms with Gasteiger partial charge in [0.15, 0.2) is 0 Å². The van der Waals surface area contributed by atoms with Gasteiger partial charge >= 0.3 is 0 Å². The summed E-state index contributed by atoms with van der Waals surface area (Å²) >= 11 is 0. The molecule has 0 saturated carbocycles. The topological polar surface area (TPSA) is 37.8 Å². The van der Waals surface area contributed by atoms with Crippen molar-refractivity contribution in [2.24, 2.45) is 0 Å². The number of rotatable bonds is 3. The molecule has 1 N–H and O–H groups in total. The van der Waals surface area contributed by atoms with Gasteiger partial charge in [-0.05, 0) is 57.0 Å². The normalized spacial score (nSPS) is 10.6. The number of anilines is 2. The van der Waals surface area contributed by atoms with Gasteiger partial charge in [-0.15, -0.1) is 0 Å². The van der Waals surface area contributed by atoms with Crippen molar-refractivity contribution in [3.8, 4) is 11.3 Å². The van der Waals surface area contributed by atoms with E-state index in [9.17, 15) is 0 Å². The van der Waals surface area contributed by atoms with E-state index in [4.69, 9.17) is 0 Å². The highest BCUT2D eigenvalue weighted by Gasteiger charge is 2.06. The van der Waals surface area contributed by atoms with Crippen LogP contribution in [0.4, 0.5) is 11.5 Å². The minimum atomic E-state index is 0.760. The Kier molecular flexibility index (Phi) is 4.11. The maximum absolute atomic E-state index is 4.57. The zero-order valence-corrected chi connectivity index (χ0v) is 14.0. The second-order valence-electron chi connectivity index (χ2n) is 5.98. The Morgan fingerprint density at radius 1 is 0.783 bits per heavy atom. The van der Waals surface area contributed by atoms with Crippen LogP contribution in [-0.4, -0.2) is 9.97 Å². The van der Waals surface area contributed by atoms with E-state index in [0.29, 0.717) is 0 Å². The van der Waals surface area contributed by atoms with E-state index in [1.807, 2.05) is 13.0 Å². The molecule has 2 aromatic carbocycles. The molecule has 0 spiro atoms. The third kappa shape index (κ3) is 3.57. The van der Waals surface area contributed by atoms with Gasteiger partial charge in [-0.1, -0.05) is 29.8 Å². The summed E-state index contributed by atoms with van der Waals surface area (Å²) in [5, 5.41) is 3.39. The molecule has 0 atom stereocenters. The largest absolute Gasteiger partial charge is 0.340 e. The highest BCUT2D eigenvalue weighted by molar-refractivity contribution is 5.66. The lowest BCUT2D eigenvalue weighted by Crippen LogP contribution is -1.99. The van der Waals surface area contributed by atoms with Crippen LogP contribution >= 0.6 is 0 Å². The molecular weight excluding hydrogens is 282 g/mol. The Bertz CT molecular complexity index is 853. The Labute approximate surface area is 137 Å². The first-order valence-corrected chi connectivity index (χ1v) is 7.78. The van der Waals surface area contributed by atoms with E-state index in [2.05, 4.69) is 78.5 Å². The average Bonchev–Trinajstić information content (AvgIpc) is 2.50. The smallest absolute Gasteiger partial charge is 0.134 e. The second kappa shape index (κ2) is 6.21. The summed E-state index contributed by atoms with van der Waals surface area (Å²) < 4.78 is 0. The minimum Gasteiger partial charge on any atom is -0.340 e. The van der Waals surface area contributed by atoms with Crippen LogP contribution in [0.15, 0.2) is 48.5 Å². The zero-order chi connectivity index (χ0) is 16.4. The van der Waals surface area contributed by atoms with Crippen molar-refractivity contribution in [1.29, 1.82) is 0 Å². The summed E-state index contributed by atoms with van der Waals surface area (Å²) in [6.07, 6.45) is 0.